The van der Waals surface area contributed by atoms with E-state index in [1.165, 1.54) is 30.3 Å². The predicted octanol–water partition coefficient (Wildman–Crippen LogP) is 3.17. The zero-order valence-electron chi connectivity index (χ0n) is 23.9. The molecule has 3 unspecified atom stereocenters. The lowest BCUT2D eigenvalue weighted by molar-refractivity contribution is -0.139. The maximum absolute atomic E-state index is 14.3. The van der Waals surface area contributed by atoms with Crippen molar-refractivity contribution in [3.8, 4) is 0 Å². The topological polar surface area (TPSA) is 130 Å². The number of hydrogen-bond acceptors (Lipinski definition) is 6. The Morgan fingerprint density at radius 2 is 1.83 bits per heavy atom. The lowest BCUT2D eigenvalue weighted by Crippen LogP contribution is -2.67. The van der Waals surface area contributed by atoms with E-state index < -0.39 is 41.9 Å². The summed E-state index contributed by atoms with van der Waals surface area (Å²) < 4.78 is 19.0. The van der Waals surface area contributed by atoms with E-state index in [9.17, 15) is 23.6 Å². The molecule has 2 aromatic carbocycles. The molecule has 0 saturated carbocycles. The number of ether oxygens (including phenoxy) is 1. The van der Waals surface area contributed by atoms with E-state index in [4.69, 9.17) is 4.74 Å². The Morgan fingerprint density at radius 3 is 2.45 bits per heavy atom. The lowest BCUT2D eigenvalue weighted by Gasteiger charge is -2.37. The Morgan fingerprint density at radius 1 is 1.10 bits per heavy atom. The van der Waals surface area contributed by atoms with Crippen molar-refractivity contribution < 1.29 is 28.3 Å². The average Bonchev–Trinajstić information content (AvgIpc) is 2.95. The van der Waals surface area contributed by atoms with Gasteiger partial charge in [-0.15, -0.1) is 0 Å². The molecular formula is C31H34FN5O5. The maximum atomic E-state index is 14.3. The number of nitrogens with one attached hydrogen (secondary N) is 3. The van der Waals surface area contributed by atoms with Gasteiger partial charge in [-0.05, 0) is 53.3 Å². The normalized spacial score (nSPS) is 17.5. The molecule has 1 aliphatic heterocycles. The van der Waals surface area contributed by atoms with Crippen LogP contribution in [0.15, 0.2) is 73.1 Å². The number of halogens is 1. The van der Waals surface area contributed by atoms with E-state index in [2.05, 4.69) is 41.7 Å². The highest BCUT2D eigenvalue weighted by molar-refractivity contribution is 6.11. The van der Waals surface area contributed by atoms with Gasteiger partial charge in [-0.3, -0.25) is 29.6 Å². The molecule has 5 amide bonds. The highest BCUT2D eigenvalue weighted by Gasteiger charge is 2.45. The Labute approximate surface area is 243 Å². The summed E-state index contributed by atoms with van der Waals surface area (Å²) in [6.45, 7) is 6.31. The fourth-order valence-electron chi connectivity index (χ4n) is 4.77. The van der Waals surface area contributed by atoms with Gasteiger partial charge in [0.2, 0.25) is 5.91 Å². The number of carbonyl (C=O) groups excluding carboxylic acids is 4. The summed E-state index contributed by atoms with van der Waals surface area (Å²) in [5, 5.41) is 7.43. The van der Waals surface area contributed by atoms with Crippen molar-refractivity contribution in [2.45, 2.75) is 50.8 Å². The van der Waals surface area contributed by atoms with Crippen LogP contribution in [0.1, 0.15) is 43.5 Å². The first-order valence-electron chi connectivity index (χ1n) is 13.5. The molecule has 11 heteroatoms. The summed E-state index contributed by atoms with van der Waals surface area (Å²) in [7, 11) is 1.25. The van der Waals surface area contributed by atoms with E-state index in [0.29, 0.717) is 23.2 Å². The second-order valence-corrected chi connectivity index (χ2v) is 11.0. The van der Waals surface area contributed by atoms with Crippen LogP contribution in [0.2, 0.25) is 0 Å². The number of amides is 5. The van der Waals surface area contributed by atoms with Crippen molar-refractivity contribution in [2.24, 2.45) is 0 Å². The zero-order valence-corrected chi connectivity index (χ0v) is 23.9. The molecule has 1 fully saturated rings. The molecule has 1 aromatic heterocycles. The molecule has 3 atom stereocenters. The molecule has 1 aliphatic rings. The third kappa shape index (κ3) is 6.98. The van der Waals surface area contributed by atoms with Gasteiger partial charge in [0, 0.05) is 37.3 Å². The fourth-order valence-corrected chi connectivity index (χ4v) is 4.77. The van der Waals surface area contributed by atoms with Crippen LogP contribution in [0.25, 0.3) is 0 Å². The minimum Gasteiger partial charge on any atom is -0.369 e. The molecule has 0 radical (unpaired) electrons. The molecule has 2 heterocycles. The van der Waals surface area contributed by atoms with Gasteiger partial charge in [0.15, 0.2) is 6.10 Å². The largest absolute Gasteiger partial charge is 0.369 e. The smallest absolute Gasteiger partial charge is 0.322 e. The molecule has 3 N–H and O–H groups in total. The zero-order chi connectivity index (χ0) is 30.4. The molecule has 0 aliphatic carbocycles. The van der Waals surface area contributed by atoms with Crippen LogP contribution in [-0.2, 0) is 31.0 Å². The van der Waals surface area contributed by atoms with Crippen LogP contribution in [0.4, 0.5) is 14.9 Å². The van der Waals surface area contributed by atoms with Crippen LogP contribution >= 0.6 is 0 Å². The molecule has 0 bridgehead atoms. The van der Waals surface area contributed by atoms with Gasteiger partial charge in [0.1, 0.15) is 17.9 Å². The second-order valence-electron chi connectivity index (χ2n) is 11.0. The first-order chi connectivity index (χ1) is 20.0. The Hall–Kier alpha value is -4.64. The quantitative estimate of drug-likeness (QED) is 0.360. The van der Waals surface area contributed by atoms with E-state index in [0.717, 1.165) is 5.56 Å². The number of anilines is 1. The Balaban J connectivity index is 1.75. The van der Waals surface area contributed by atoms with Gasteiger partial charge in [-0.25, -0.2) is 9.18 Å². The highest BCUT2D eigenvalue weighted by atomic mass is 19.1. The van der Waals surface area contributed by atoms with Crippen molar-refractivity contribution in [2.75, 3.05) is 18.6 Å². The molecule has 0 spiro atoms. The Bertz CT molecular complexity index is 1440. The second kappa shape index (κ2) is 12.9. The number of carbonyl (C=O) groups is 4. The van der Waals surface area contributed by atoms with Gasteiger partial charge in [0.05, 0.1) is 0 Å². The number of urea groups is 1. The van der Waals surface area contributed by atoms with E-state index >= 15 is 0 Å². The number of aromatic nitrogens is 1. The summed E-state index contributed by atoms with van der Waals surface area (Å²) in [5.41, 5.74) is 2.27. The third-order valence-electron chi connectivity index (χ3n) is 6.96. The fraction of sp³-hybridized carbons (Fsp3) is 0.323. The van der Waals surface area contributed by atoms with E-state index in [1.54, 1.807) is 42.6 Å². The summed E-state index contributed by atoms with van der Waals surface area (Å²) in [6, 6.07) is 13.0. The van der Waals surface area contributed by atoms with Crippen LogP contribution in [0.3, 0.4) is 0 Å². The summed E-state index contributed by atoms with van der Waals surface area (Å²) in [5.74, 6) is -2.43. The number of rotatable bonds is 9. The van der Waals surface area contributed by atoms with Gasteiger partial charge >= 0.3 is 6.03 Å². The van der Waals surface area contributed by atoms with Gasteiger partial charge in [0.25, 0.3) is 11.8 Å². The van der Waals surface area contributed by atoms with Gasteiger partial charge in [-0.2, -0.15) is 0 Å². The Kier molecular flexibility index (Phi) is 9.31. The van der Waals surface area contributed by atoms with Crippen LogP contribution in [0, 0.1) is 5.82 Å². The molecular weight excluding hydrogens is 541 g/mol. The summed E-state index contributed by atoms with van der Waals surface area (Å²) in [6.07, 6.45) is 2.03. The summed E-state index contributed by atoms with van der Waals surface area (Å²) >= 11 is 0. The molecule has 1 saturated heterocycles. The molecule has 42 heavy (non-hydrogen) atoms. The van der Waals surface area contributed by atoms with Crippen molar-refractivity contribution in [1.82, 2.24) is 20.9 Å². The standard InChI is InChI=1S/C31H34FN5O5/c1-31(2,3)21-10-12-23(13-11-21)37(29(40)24-26(42-4)28(39)36-30(41)35-24)25(20-8-6-15-33-18-20)27(38)34-16-14-19-7-5-9-22(32)17-19/h5-13,15,17-18,24-26H,14,16H2,1-4H3,(H,34,38)(H2,35,36,39,41). The minimum absolute atomic E-state index is 0.160. The highest BCUT2D eigenvalue weighted by Crippen LogP contribution is 2.32. The maximum Gasteiger partial charge on any atom is 0.322 e. The van der Waals surface area contributed by atoms with Gasteiger partial charge in [-0.1, -0.05) is 51.1 Å². The van der Waals surface area contributed by atoms with Crippen molar-refractivity contribution in [1.29, 1.82) is 0 Å². The average molecular weight is 576 g/mol. The molecule has 4 rings (SSSR count). The minimum atomic E-state index is -1.42. The van der Waals surface area contributed by atoms with E-state index in [1.807, 2.05) is 12.1 Å². The SMILES string of the molecule is COC1C(=O)NC(=O)NC1C(=O)N(c1ccc(C(C)(C)C)cc1)C(C(=O)NCCc1cccc(F)c1)c1cccnc1. The number of imide groups is 1. The number of hydrogen-bond donors (Lipinski definition) is 3. The number of benzene rings is 2. The van der Waals surface area contributed by atoms with Crippen LogP contribution in [-0.4, -0.2) is 54.5 Å². The molecule has 220 valence electrons. The van der Waals surface area contributed by atoms with Crippen molar-refractivity contribution in [3.63, 3.8) is 0 Å². The summed E-state index contributed by atoms with van der Waals surface area (Å²) in [4.78, 5) is 58.4. The van der Waals surface area contributed by atoms with Crippen LogP contribution in [0.5, 0.6) is 0 Å². The number of pyridine rings is 1. The molecule has 10 nitrogen and oxygen atoms in total. The third-order valence-corrected chi connectivity index (χ3v) is 6.96. The first-order valence-corrected chi connectivity index (χ1v) is 13.5. The lowest BCUT2D eigenvalue weighted by atomic mass is 9.87. The van der Waals surface area contributed by atoms with Crippen molar-refractivity contribution in [3.05, 3.63) is 95.6 Å². The monoisotopic (exact) mass is 575 g/mol. The van der Waals surface area contributed by atoms with E-state index in [-0.39, 0.29) is 17.8 Å². The van der Waals surface area contributed by atoms with Crippen molar-refractivity contribution >= 4 is 29.4 Å². The predicted molar refractivity (Wildman–Crippen MR) is 154 cm³/mol. The van der Waals surface area contributed by atoms with Gasteiger partial charge < -0.3 is 15.4 Å². The molecule has 3 aromatic rings. The first kappa shape index (κ1) is 30.3. The number of methoxy groups -OCH3 is 1. The van der Waals surface area contributed by atoms with Crippen LogP contribution < -0.4 is 20.9 Å². The number of nitrogens with zero attached hydrogens (tertiary/aromatic N) is 2.